The fourth-order valence-corrected chi connectivity index (χ4v) is 1.75. The number of ether oxygens (including phenoxy) is 3. The zero-order valence-corrected chi connectivity index (χ0v) is 11.6. The summed E-state index contributed by atoms with van der Waals surface area (Å²) in [5.74, 6) is -0.506. The van der Waals surface area contributed by atoms with Gasteiger partial charge in [0.15, 0.2) is 5.54 Å². The van der Waals surface area contributed by atoms with Crippen LogP contribution in [0.15, 0.2) is 0 Å². The van der Waals surface area contributed by atoms with Crippen molar-refractivity contribution in [2.45, 2.75) is 38.8 Å². The van der Waals surface area contributed by atoms with E-state index >= 15 is 0 Å². The van der Waals surface area contributed by atoms with E-state index in [0.717, 1.165) is 0 Å². The van der Waals surface area contributed by atoms with E-state index in [0.29, 0.717) is 13.2 Å². The Labute approximate surface area is 107 Å². The molecule has 0 bridgehead atoms. The molecule has 1 amide bonds. The van der Waals surface area contributed by atoms with Gasteiger partial charge in [0, 0.05) is 6.54 Å². The number of morpholine rings is 1. The molecule has 0 aromatic heterocycles. The number of amides is 1. The van der Waals surface area contributed by atoms with E-state index in [1.165, 1.54) is 12.0 Å². The molecule has 1 aliphatic heterocycles. The molecule has 0 saturated carbocycles. The number of carbonyl (C=O) groups is 2. The van der Waals surface area contributed by atoms with Crippen molar-refractivity contribution < 1.29 is 23.8 Å². The lowest BCUT2D eigenvalue weighted by atomic mass is 10.0. The lowest BCUT2D eigenvalue weighted by Crippen LogP contribution is -2.62. The van der Waals surface area contributed by atoms with Crippen LogP contribution in [0.5, 0.6) is 0 Å². The Balaban J connectivity index is 2.89. The predicted molar refractivity (Wildman–Crippen MR) is 64.2 cm³/mol. The van der Waals surface area contributed by atoms with Crippen molar-refractivity contribution in [3.05, 3.63) is 0 Å². The number of hydrogen-bond donors (Lipinski definition) is 0. The van der Waals surface area contributed by atoms with Crippen LogP contribution in [-0.2, 0) is 19.0 Å². The van der Waals surface area contributed by atoms with Gasteiger partial charge in [0.1, 0.15) is 5.60 Å². The Morgan fingerprint density at radius 2 is 1.94 bits per heavy atom. The van der Waals surface area contributed by atoms with Crippen molar-refractivity contribution in [3.63, 3.8) is 0 Å². The van der Waals surface area contributed by atoms with Crippen molar-refractivity contribution in [2.75, 3.05) is 26.9 Å². The maximum atomic E-state index is 12.1. The van der Waals surface area contributed by atoms with Gasteiger partial charge >= 0.3 is 12.1 Å². The van der Waals surface area contributed by atoms with Crippen LogP contribution >= 0.6 is 0 Å². The molecule has 0 N–H and O–H groups in total. The van der Waals surface area contributed by atoms with E-state index in [2.05, 4.69) is 0 Å². The summed E-state index contributed by atoms with van der Waals surface area (Å²) < 4.78 is 15.3. The van der Waals surface area contributed by atoms with Crippen LogP contribution in [0.25, 0.3) is 0 Å². The molecule has 0 aromatic rings. The average Bonchev–Trinajstić information content (AvgIpc) is 2.26. The van der Waals surface area contributed by atoms with Crippen LogP contribution in [0.2, 0.25) is 0 Å². The smallest absolute Gasteiger partial charge is 0.411 e. The zero-order chi connectivity index (χ0) is 14.0. The van der Waals surface area contributed by atoms with Crippen molar-refractivity contribution in [3.8, 4) is 0 Å². The molecule has 1 aliphatic rings. The van der Waals surface area contributed by atoms with Gasteiger partial charge in [-0.3, -0.25) is 4.90 Å². The molecule has 1 heterocycles. The van der Waals surface area contributed by atoms with Gasteiger partial charge in [0.05, 0.1) is 20.3 Å². The van der Waals surface area contributed by atoms with Crippen LogP contribution in [0.1, 0.15) is 27.7 Å². The first-order valence-electron chi connectivity index (χ1n) is 5.87. The maximum absolute atomic E-state index is 12.1. The summed E-state index contributed by atoms with van der Waals surface area (Å²) in [6.45, 7) is 7.75. The van der Waals surface area contributed by atoms with E-state index in [9.17, 15) is 9.59 Å². The van der Waals surface area contributed by atoms with E-state index in [1.807, 2.05) is 0 Å². The van der Waals surface area contributed by atoms with E-state index in [-0.39, 0.29) is 6.61 Å². The van der Waals surface area contributed by atoms with Crippen molar-refractivity contribution >= 4 is 12.1 Å². The molecule has 0 spiro atoms. The highest BCUT2D eigenvalue weighted by atomic mass is 16.6. The molecule has 0 aromatic carbocycles. The van der Waals surface area contributed by atoms with E-state index in [1.54, 1.807) is 27.7 Å². The van der Waals surface area contributed by atoms with Gasteiger partial charge in [0.2, 0.25) is 0 Å². The summed E-state index contributed by atoms with van der Waals surface area (Å²) in [5, 5.41) is 0. The molecule has 6 nitrogen and oxygen atoms in total. The number of esters is 1. The van der Waals surface area contributed by atoms with Crippen LogP contribution in [0.4, 0.5) is 4.79 Å². The molecule has 1 rings (SSSR count). The number of nitrogens with zero attached hydrogens (tertiary/aromatic N) is 1. The lowest BCUT2D eigenvalue weighted by Gasteiger charge is -2.42. The first kappa shape index (κ1) is 14.8. The monoisotopic (exact) mass is 259 g/mol. The molecule has 18 heavy (non-hydrogen) atoms. The third-order valence-corrected chi connectivity index (χ3v) is 2.68. The fraction of sp³-hybridized carbons (Fsp3) is 0.833. The highest BCUT2D eigenvalue weighted by Crippen LogP contribution is 2.24. The van der Waals surface area contributed by atoms with Gasteiger partial charge in [-0.05, 0) is 27.7 Å². The summed E-state index contributed by atoms with van der Waals surface area (Å²) in [6, 6.07) is 0. The Kier molecular flexibility index (Phi) is 4.21. The standard InChI is InChI=1S/C12H21NO5/c1-11(2,3)18-10(15)13-6-7-17-8-12(13,4)9(14)16-5/h6-8H2,1-5H3/t12-/m1/s1. The molecule has 0 aliphatic carbocycles. The minimum absolute atomic E-state index is 0.110. The molecule has 6 heteroatoms. The lowest BCUT2D eigenvalue weighted by molar-refractivity contribution is -0.164. The van der Waals surface area contributed by atoms with Gasteiger partial charge < -0.3 is 14.2 Å². The summed E-state index contributed by atoms with van der Waals surface area (Å²) in [7, 11) is 1.29. The molecule has 1 fully saturated rings. The molecular formula is C12H21NO5. The van der Waals surface area contributed by atoms with Crippen LogP contribution in [0, 0.1) is 0 Å². The second-order valence-corrected chi connectivity index (χ2v) is 5.45. The summed E-state index contributed by atoms with van der Waals surface area (Å²) >= 11 is 0. The van der Waals surface area contributed by atoms with Crippen molar-refractivity contribution in [1.82, 2.24) is 4.90 Å². The number of carbonyl (C=O) groups excluding carboxylic acids is 2. The average molecular weight is 259 g/mol. The predicted octanol–water partition coefficient (Wildman–Crippen LogP) is 1.19. The molecule has 1 atom stereocenters. The number of hydrogen-bond acceptors (Lipinski definition) is 5. The third-order valence-electron chi connectivity index (χ3n) is 2.68. The SMILES string of the molecule is COC(=O)[C@@]1(C)COCCN1C(=O)OC(C)(C)C. The molecule has 0 radical (unpaired) electrons. The van der Waals surface area contributed by atoms with Crippen LogP contribution in [-0.4, -0.2) is 55.0 Å². The van der Waals surface area contributed by atoms with E-state index in [4.69, 9.17) is 14.2 Å². The van der Waals surface area contributed by atoms with Gasteiger partial charge in [-0.25, -0.2) is 9.59 Å². The normalized spacial score (nSPS) is 24.6. The summed E-state index contributed by atoms with van der Waals surface area (Å²) in [4.78, 5) is 25.3. The van der Waals surface area contributed by atoms with Crippen LogP contribution < -0.4 is 0 Å². The fourth-order valence-electron chi connectivity index (χ4n) is 1.75. The Morgan fingerprint density at radius 1 is 1.33 bits per heavy atom. The number of methoxy groups -OCH3 is 1. The maximum Gasteiger partial charge on any atom is 0.411 e. The Hall–Kier alpha value is -1.30. The topological polar surface area (TPSA) is 65.1 Å². The minimum Gasteiger partial charge on any atom is -0.467 e. The van der Waals surface area contributed by atoms with Gasteiger partial charge in [-0.2, -0.15) is 0 Å². The Bertz CT molecular complexity index is 336. The highest BCUT2D eigenvalue weighted by molar-refractivity contribution is 5.85. The van der Waals surface area contributed by atoms with Gasteiger partial charge in [-0.1, -0.05) is 0 Å². The van der Waals surface area contributed by atoms with Crippen LogP contribution in [0.3, 0.4) is 0 Å². The zero-order valence-electron chi connectivity index (χ0n) is 11.6. The van der Waals surface area contributed by atoms with Gasteiger partial charge in [-0.15, -0.1) is 0 Å². The number of rotatable bonds is 1. The molecule has 0 unspecified atom stereocenters. The first-order valence-corrected chi connectivity index (χ1v) is 5.87. The molecule has 104 valence electrons. The first-order chi connectivity index (χ1) is 8.20. The summed E-state index contributed by atoms with van der Waals surface area (Å²) in [5.41, 5.74) is -1.73. The summed E-state index contributed by atoms with van der Waals surface area (Å²) in [6.07, 6.45) is -0.529. The highest BCUT2D eigenvalue weighted by Gasteiger charge is 2.47. The van der Waals surface area contributed by atoms with E-state index < -0.39 is 23.2 Å². The molecular weight excluding hydrogens is 238 g/mol. The molecule has 1 saturated heterocycles. The largest absolute Gasteiger partial charge is 0.467 e. The third kappa shape index (κ3) is 3.13. The Morgan fingerprint density at radius 3 is 2.44 bits per heavy atom. The van der Waals surface area contributed by atoms with Crippen molar-refractivity contribution in [2.24, 2.45) is 0 Å². The van der Waals surface area contributed by atoms with Gasteiger partial charge in [0.25, 0.3) is 0 Å². The van der Waals surface area contributed by atoms with Crippen molar-refractivity contribution in [1.29, 1.82) is 0 Å². The minimum atomic E-state index is -1.13. The second-order valence-electron chi connectivity index (χ2n) is 5.45. The second kappa shape index (κ2) is 5.14. The quantitative estimate of drug-likeness (QED) is 0.662.